The molecule has 0 spiro atoms. The molecule has 3 aromatic rings. The molecule has 0 saturated carbocycles. The Labute approximate surface area is 163 Å². The SMILES string of the molecule is Cc1cc(C)c(NC(=O)Cn2c(Cl)nc3c2c(=O)n(C)c(=O)n3C)c(Cl)c1. The van der Waals surface area contributed by atoms with Gasteiger partial charge in [-0.15, -0.1) is 0 Å². The number of aryl methyl sites for hydroxylation is 3. The largest absolute Gasteiger partial charge is 0.332 e. The van der Waals surface area contributed by atoms with Gasteiger partial charge < -0.3 is 5.32 Å². The van der Waals surface area contributed by atoms with Gasteiger partial charge in [0, 0.05) is 14.1 Å². The van der Waals surface area contributed by atoms with Gasteiger partial charge in [-0.25, -0.2) is 4.79 Å². The predicted molar refractivity (Wildman–Crippen MR) is 105 cm³/mol. The maximum atomic E-state index is 12.6. The summed E-state index contributed by atoms with van der Waals surface area (Å²) < 4.78 is 3.42. The van der Waals surface area contributed by atoms with Gasteiger partial charge in [0.2, 0.25) is 11.2 Å². The monoisotopic (exact) mass is 409 g/mol. The van der Waals surface area contributed by atoms with Crippen LogP contribution < -0.4 is 16.6 Å². The quantitative estimate of drug-likeness (QED) is 0.669. The minimum atomic E-state index is -0.579. The van der Waals surface area contributed by atoms with Crippen LogP contribution >= 0.6 is 23.2 Å². The summed E-state index contributed by atoms with van der Waals surface area (Å²) in [6, 6.07) is 3.64. The van der Waals surface area contributed by atoms with Crippen LogP contribution in [0.5, 0.6) is 0 Å². The normalized spacial score (nSPS) is 11.2. The summed E-state index contributed by atoms with van der Waals surface area (Å²) in [6.07, 6.45) is 0. The maximum Gasteiger partial charge on any atom is 0.332 e. The standard InChI is InChI=1S/C17H17Cl2N5O3/c1-8-5-9(2)12(10(18)6-8)20-11(25)7-24-13-14(21-16(24)19)22(3)17(27)23(4)15(13)26/h5-6H,7H2,1-4H3,(H,20,25). The lowest BCUT2D eigenvalue weighted by Crippen LogP contribution is -2.37. The molecule has 0 aliphatic heterocycles. The highest BCUT2D eigenvalue weighted by molar-refractivity contribution is 6.34. The average Bonchev–Trinajstić information content (AvgIpc) is 2.91. The molecule has 1 aromatic carbocycles. The molecule has 0 fully saturated rings. The van der Waals surface area contributed by atoms with Crippen molar-refractivity contribution in [3.63, 3.8) is 0 Å². The van der Waals surface area contributed by atoms with Crippen molar-refractivity contribution in [1.29, 1.82) is 0 Å². The molecule has 142 valence electrons. The minimum Gasteiger partial charge on any atom is -0.323 e. The maximum absolute atomic E-state index is 12.6. The molecule has 0 saturated heterocycles. The van der Waals surface area contributed by atoms with E-state index in [1.54, 1.807) is 6.07 Å². The zero-order valence-corrected chi connectivity index (χ0v) is 16.6. The van der Waals surface area contributed by atoms with Crippen LogP contribution in [0, 0.1) is 13.8 Å². The Balaban J connectivity index is 2.03. The van der Waals surface area contributed by atoms with Crippen LogP contribution in [0.25, 0.3) is 11.2 Å². The summed E-state index contributed by atoms with van der Waals surface area (Å²) in [5, 5.41) is 3.09. The van der Waals surface area contributed by atoms with Crippen molar-refractivity contribution in [2.75, 3.05) is 5.32 Å². The number of anilines is 1. The molecule has 0 unspecified atom stereocenters. The van der Waals surface area contributed by atoms with Gasteiger partial charge in [-0.3, -0.25) is 23.3 Å². The smallest absolute Gasteiger partial charge is 0.323 e. The van der Waals surface area contributed by atoms with Crippen LogP contribution in [0.1, 0.15) is 11.1 Å². The number of aromatic nitrogens is 4. The molecule has 0 aliphatic carbocycles. The molecule has 3 rings (SSSR count). The Kier molecular flexibility index (Phi) is 4.88. The Hall–Kier alpha value is -2.58. The molecule has 10 heteroatoms. The molecular formula is C17H17Cl2N5O3. The van der Waals surface area contributed by atoms with Gasteiger partial charge >= 0.3 is 5.69 Å². The number of hydrogen-bond acceptors (Lipinski definition) is 4. The molecule has 0 radical (unpaired) electrons. The Morgan fingerprint density at radius 2 is 1.81 bits per heavy atom. The lowest BCUT2D eigenvalue weighted by molar-refractivity contribution is -0.116. The number of carbonyl (C=O) groups excluding carboxylic acids is 1. The molecule has 27 heavy (non-hydrogen) atoms. The molecule has 2 aromatic heterocycles. The van der Waals surface area contributed by atoms with Gasteiger partial charge in [0.05, 0.1) is 10.7 Å². The fourth-order valence-corrected chi connectivity index (χ4v) is 3.55. The lowest BCUT2D eigenvalue weighted by Gasteiger charge is -2.12. The fourth-order valence-electron chi connectivity index (χ4n) is 2.96. The molecular weight excluding hydrogens is 393 g/mol. The third kappa shape index (κ3) is 3.26. The van der Waals surface area contributed by atoms with Crippen LogP contribution in [0.2, 0.25) is 10.3 Å². The van der Waals surface area contributed by atoms with E-state index in [0.29, 0.717) is 10.7 Å². The zero-order valence-electron chi connectivity index (χ0n) is 15.1. The summed E-state index contributed by atoms with van der Waals surface area (Å²) in [5.41, 5.74) is 1.37. The summed E-state index contributed by atoms with van der Waals surface area (Å²) in [4.78, 5) is 41.1. The molecule has 2 heterocycles. The number of fused-ring (bicyclic) bond motifs is 1. The first-order chi connectivity index (χ1) is 12.6. The molecule has 8 nitrogen and oxygen atoms in total. The first-order valence-electron chi connectivity index (χ1n) is 8.00. The van der Waals surface area contributed by atoms with Gasteiger partial charge in [0.1, 0.15) is 6.54 Å². The van der Waals surface area contributed by atoms with Gasteiger partial charge in [-0.1, -0.05) is 17.7 Å². The second-order valence-electron chi connectivity index (χ2n) is 6.33. The molecule has 0 atom stereocenters. The van der Waals surface area contributed by atoms with Crippen molar-refractivity contribution < 1.29 is 4.79 Å². The summed E-state index contributed by atoms with van der Waals surface area (Å²) >= 11 is 12.3. The van der Waals surface area contributed by atoms with Crippen molar-refractivity contribution in [3.8, 4) is 0 Å². The topological polar surface area (TPSA) is 90.9 Å². The molecule has 0 aliphatic rings. The van der Waals surface area contributed by atoms with E-state index < -0.39 is 17.2 Å². The predicted octanol–water partition coefficient (Wildman–Crippen LogP) is 2.00. The second-order valence-corrected chi connectivity index (χ2v) is 7.08. The fraction of sp³-hybridized carbons (Fsp3) is 0.294. The number of halogens is 2. The first-order valence-corrected chi connectivity index (χ1v) is 8.75. The number of benzene rings is 1. The highest BCUT2D eigenvalue weighted by atomic mass is 35.5. The summed E-state index contributed by atoms with van der Waals surface area (Å²) in [5.74, 6) is -0.430. The molecule has 1 amide bonds. The summed E-state index contributed by atoms with van der Waals surface area (Å²) in [6.45, 7) is 3.48. The lowest BCUT2D eigenvalue weighted by atomic mass is 10.1. The molecule has 0 bridgehead atoms. The van der Waals surface area contributed by atoms with E-state index in [9.17, 15) is 14.4 Å². The second kappa shape index (κ2) is 6.86. The highest BCUT2D eigenvalue weighted by Crippen LogP contribution is 2.27. The van der Waals surface area contributed by atoms with Crippen molar-refractivity contribution in [1.82, 2.24) is 18.7 Å². The van der Waals surface area contributed by atoms with E-state index in [1.165, 1.54) is 23.2 Å². The average molecular weight is 410 g/mol. The van der Waals surface area contributed by atoms with Crippen LogP contribution in [0.3, 0.4) is 0 Å². The van der Waals surface area contributed by atoms with E-state index in [4.69, 9.17) is 23.2 Å². The number of imidazole rings is 1. The van der Waals surface area contributed by atoms with E-state index in [2.05, 4.69) is 10.3 Å². The first kappa shape index (κ1) is 19.2. The summed E-state index contributed by atoms with van der Waals surface area (Å²) in [7, 11) is 2.83. The van der Waals surface area contributed by atoms with Gasteiger partial charge in [0.15, 0.2) is 11.2 Å². The van der Waals surface area contributed by atoms with Crippen molar-refractivity contribution in [3.05, 3.63) is 54.4 Å². The Morgan fingerprint density at radius 3 is 2.44 bits per heavy atom. The third-order valence-corrected chi connectivity index (χ3v) is 4.89. The highest BCUT2D eigenvalue weighted by Gasteiger charge is 2.20. The van der Waals surface area contributed by atoms with E-state index >= 15 is 0 Å². The number of carbonyl (C=O) groups is 1. The van der Waals surface area contributed by atoms with Gasteiger partial charge in [-0.2, -0.15) is 4.98 Å². The number of hydrogen-bond donors (Lipinski definition) is 1. The van der Waals surface area contributed by atoms with E-state index in [0.717, 1.165) is 15.7 Å². The van der Waals surface area contributed by atoms with Crippen molar-refractivity contribution in [2.24, 2.45) is 14.1 Å². The van der Waals surface area contributed by atoms with E-state index in [1.807, 2.05) is 19.9 Å². The van der Waals surface area contributed by atoms with Crippen LogP contribution in [0.15, 0.2) is 21.7 Å². The van der Waals surface area contributed by atoms with Crippen LogP contribution in [-0.2, 0) is 25.4 Å². The molecule has 1 N–H and O–H groups in total. The third-order valence-electron chi connectivity index (χ3n) is 4.30. The van der Waals surface area contributed by atoms with Crippen molar-refractivity contribution in [2.45, 2.75) is 20.4 Å². The zero-order chi connectivity index (χ0) is 20.0. The number of rotatable bonds is 3. The van der Waals surface area contributed by atoms with Gasteiger partial charge in [-0.05, 0) is 42.6 Å². The van der Waals surface area contributed by atoms with Crippen LogP contribution in [-0.4, -0.2) is 24.6 Å². The minimum absolute atomic E-state index is 0.0647. The van der Waals surface area contributed by atoms with Gasteiger partial charge in [0.25, 0.3) is 5.56 Å². The number of nitrogens with zero attached hydrogens (tertiary/aromatic N) is 4. The number of nitrogens with one attached hydrogen (secondary N) is 1. The van der Waals surface area contributed by atoms with E-state index in [-0.39, 0.29) is 23.0 Å². The number of amides is 1. The Bertz CT molecular complexity index is 1180. The Morgan fingerprint density at radius 1 is 1.15 bits per heavy atom. The van der Waals surface area contributed by atoms with Crippen molar-refractivity contribution >= 4 is 46.0 Å². The van der Waals surface area contributed by atoms with Crippen LogP contribution in [0.4, 0.5) is 5.69 Å².